The number of amidine groups is 1. The second-order valence-electron chi connectivity index (χ2n) is 10.8. The zero-order valence-corrected chi connectivity index (χ0v) is 26.4. The predicted octanol–water partition coefficient (Wildman–Crippen LogP) is 7.43. The number of thioether (sulfide) groups is 1. The number of ether oxygens (including phenoxy) is 1. The molecule has 4 aromatic rings. The number of aromatic nitrogens is 3. The maximum Gasteiger partial charge on any atom is 0.573 e. The summed E-state index contributed by atoms with van der Waals surface area (Å²) in [5, 5.41) is 7.73. The molecule has 240 valence electrons. The van der Waals surface area contributed by atoms with Crippen LogP contribution in [0.4, 0.5) is 23.7 Å². The third kappa shape index (κ3) is 7.94. The third-order valence-corrected chi connectivity index (χ3v) is 8.35. The fraction of sp³-hybridized carbons (Fsp3) is 0.303. The smallest absolute Gasteiger partial charge is 0.406 e. The van der Waals surface area contributed by atoms with E-state index in [1.165, 1.54) is 47.0 Å². The van der Waals surface area contributed by atoms with Crippen molar-refractivity contribution in [2.24, 2.45) is 4.99 Å². The number of nitrogens with one attached hydrogen (secondary N) is 1. The Labute approximate surface area is 268 Å². The van der Waals surface area contributed by atoms with Gasteiger partial charge in [0.05, 0.1) is 17.1 Å². The van der Waals surface area contributed by atoms with Gasteiger partial charge in [-0.3, -0.25) is 9.69 Å². The molecule has 1 aliphatic heterocycles. The summed E-state index contributed by atoms with van der Waals surface area (Å²) in [5.41, 5.74) is 5.14. The highest BCUT2D eigenvalue weighted by Crippen LogP contribution is 2.32. The zero-order valence-electron chi connectivity index (χ0n) is 25.5. The quantitative estimate of drug-likeness (QED) is 0.192. The molecular weight excluding hydrogens is 617 g/mol. The van der Waals surface area contributed by atoms with E-state index in [4.69, 9.17) is 0 Å². The number of carbonyl (C=O) groups excluding carboxylic acids is 2. The maximum absolute atomic E-state index is 12.9. The first-order chi connectivity index (χ1) is 22.0. The number of alkyl halides is 3. The summed E-state index contributed by atoms with van der Waals surface area (Å²) >= 11 is 1.26. The van der Waals surface area contributed by atoms with E-state index in [1.54, 1.807) is 4.90 Å². The Balaban J connectivity index is 1.22. The number of carbonyl (C=O) groups is 2. The third-order valence-electron chi connectivity index (χ3n) is 7.42. The van der Waals surface area contributed by atoms with Crippen LogP contribution in [0.3, 0.4) is 0 Å². The fourth-order valence-electron chi connectivity index (χ4n) is 5.10. The van der Waals surface area contributed by atoms with Crippen molar-refractivity contribution in [1.29, 1.82) is 0 Å². The maximum atomic E-state index is 12.9. The molecule has 3 aromatic carbocycles. The van der Waals surface area contributed by atoms with Gasteiger partial charge in [-0.05, 0) is 66.8 Å². The standard InChI is InChI=1S/C33H33F3N6O3S/c1-4-6-24-8-7-21(3)17-28(24)42-29(43)19-46-32(42)39-31(44)37-18-22(5-2)23-9-11-25(12-10-23)30-38-20-41(40-30)26-13-15-27(16-14-26)45-33(34,35)36/h7-17,20,22H,4-6,18-19H2,1-3H3,(H,37,44). The van der Waals surface area contributed by atoms with Gasteiger partial charge in [-0.2, -0.15) is 4.99 Å². The number of anilines is 1. The highest BCUT2D eigenvalue weighted by molar-refractivity contribution is 8.15. The summed E-state index contributed by atoms with van der Waals surface area (Å²) in [6.07, 6.45) is -0.769. The number of hydrogen-bond acceptors (Lipinski definition) is 6. The van der Waals surface area contributed by atoms with E-state index >= 15 is 0 Å². The first-order valence-electron chi connectivity index (χ1n) is 14.8. The number of benzene rings is 3. The van der Waals surface area contributed by atoms with E-state index in [1.807, 2.05) is 56.3 Å². The van der Waals surface area contributed by atoms with Crippen LogP contribution in [0.2, 0.25) is 0 Å². The summed E-state index contributed by atoms with van der Waals surface area (Å²) in [4.78, 5) is 35.9. The Bertz CT molecular complexity index is 1720. The lowest BCUT2D eigenvalue weighted by atomic mass is 9.95. The van der Waals surface area contributed by atoms with E-state index < -0.39 is 12.4 Å². The molecule has 46 heavy (non-hydrogen) atoms. The Morgan fingerprint density at radius 3 is 2.50 bits per heavy atom. The van der Waals surface area contributed by atoms with E-state index in [-0.39, 0.29) is 23.3 Å². The van der Waals surface area contributed by atoms with Gasteiger partial charge in [0.2, 0.25) is 5.91 Å². The lowest BCUT2D eigenvalue weighted by Gasteiger charge is -2.20. The molecule has 1 aliphatic rings. The van der Waals surface area contributed by atoms with Gasteiger partial charge in [0.25, 0.3) is 0 Å². The second-order valence-corrected chi connectivity index (χ2v) is 11.7. The van der Waals surface area contributed by atoms with Crippen molar-refractivity contribution in [1.82, 2.24) is 20.1 Å². The molecule has 5 rings (SSSR count). The van der Waals surface area contributed by atoms with Crippen molar-refractivity contribution in [3.63, 3.8) is 0 Å². The molecule has 3 amide bonds. The number of nitrogens with zero attached hydrogens (tertiary/aromatic N) is 5. The van der Waals surface area contributed by atoms with Crippen molar-refractivity contribution >= 4 is 34.6 Å². The number of urea groups is 1. The van der Waals surface area contributed by atoms with Crippen molar-refractivity contribution in [3.8, 4) is 22.8 Å². The minimum absolute atomic E-state index is 0.0167. The Morgan fingerprint density at radius 2 is 1.83 bits per heavy atom. The summed E-state index contributed by atoms with van der Waals surface area (Å²) in [6, 6.07) is 18.5. The Kier molecular flexibility index (Phi) is 10.1. The van der Waals surface area contributed by atoms with Gasteiger partial charge in [-0.15, -0.1) is 18.3 Å². The van der Waals surface area contributed by atoms with Crippen molar-refractivity contribution in [2.45, 2.75) is 52.3 Å². The molecular formula is C33H33F3N6O3S. The summed E-state index contributed by atoms with van der Waals surface area (Å²) in [5.74, 6) is 0.273. The molecule has 9 nitrogen and oxygen atoms in total. The molecule has 13 heteroatoms. The van der Waals surface area contributed by atoms with Gasteiger partial charge in [0.1, 0.15) is 12.1 Å². The molecule has 1 saturated heterocycles. The van der Waals surface area contributed by atoms with E-state index in [2.05, 4.69) is 32.1 Å². The van der Waals surface area contributed by atoms with Crippen LogP contribution in [0.15, 0.2) is 78.0 Å². The van der Waals surface area contributed by atoms with Crippen LogP contribution in [0.1, 0.15) is 49.3 Å². The van der Waals surface area contributed by atoms with Crippen LogP contribution in [-0.2, 0) is 11.2 Å². The molecule has 2 heterocycles. The zero-order chi connectivity index (χ0) is 32.8. The topological polar surface area (TPSA) is 102 Å². The molecule has 1 N–H and O–H groups in total. The fourth-order valence-corrected chi connectivity index (χ4v) is 5.96. The minimum Gasteiger partial charge on any atom is -0.406 e. The summed E-state index contributed by atoms with van der Waals surface area (Å²) < 4.78 is 42.7. The number of rotatable bonds is 10. The lowest BCUT2D eigenvalue weighted by Crippen LogP contribution is -2.33. The summed E-state index contributed by atoms with van der Waals surface area (Å²) in [6.45, 7) is 6.45. The molecule has 0 saturated carbocycles. The molecule has 0 radical (unpaired) electrons. The average Bonchev–Trinajstić information content (AvgIpc) is 3.65. The van der Waals surface area contributed by atoms with E-state index in [0.717, 1.165) is 47.2 Å². The molecule has 1 aromatic heterocycles. The Hall–Kier alpha value is -4.65. The lowest BCUT2D eigenvalue weighted by molar-refractivity contribution is -0.274. The van der Waals surface area contributed by atoms with Crippen LogP contribution in [0.25, 0.3) is 17.1 Å². The van der Waals surface area contributed by atoms with Gasteiger partial charge in [0.15, 0.2) is 11.0 Å². The van der Waals surface area contributed by atoms with Gasteiger partial charge >= 0.3 is 12.4 Å². The minimum atomic E-state index is -4.76. The van der Waals surface area contributed by atoms with Gasteiger partial charge in [-0.25, -0.2) is 14.5 Å². The first-order valence-corrected chi connectivity index (χ1v) is 15.8. The highest BCUT2D eigenvalue weighted by Gasteiger charge is 2.32. The normalized spacial score (nSPS) is 15.0. The predicted molar refractivity (Wildman–Crippen MR) is 172 cm³/mol. The van der Waals surface area contributed by atoms with Crippen molar-refractivity contribution < 1.29 is 27.5 Å². The van der Waals surface area contributed by atoms with E-state index in [0.29, 0.717) is 23.2 Å². The Morgan fingerprint density at radius 1 is 1.09 bits per heavy atom. The molecule has 1 fully saturated rings. The monoisotopic (exact) mass is 650 g/mol. The molecule has 1 unspecified atom stereocenters. The number of halogens is 3. The van der Waals surface area contributed by atoms with Crippen LogP contribution in [-0.4, -0.2) is 50.5 Å². The SMILES string of the molecule is CCCc1ccc(C)cc1N1C(=O)CSC1=NC(=O)NCC(CC)c1ccc(-c2ncn(-c3ccc(OC(F)(F)F)cc3)n2)cc1. The molecule has 0 bridgehead atoms. The van der Waals surface area contributed by atoms with Gasteiger partial charge in [-0.1, -0.05) is 68.4 Å². The highest BCUT2D eigenvalue weighted by atomic mass is 32.2. The number of amides is 3. The molecule has 0 aliphatic carbocycles. The van der Waals surface area contributed by atoms with Crippen LogP contribution < -0.4 is 15.0 Å². The second kappa shape index (κ2) is 14.2. The van der Waals surface area contributed by atoms with Crippen LogP contribution >= 0.6 is 11.8 Å². The number of hydrogen-bond donors (Lipinski definition) is 1. The van der Waals surface area contributed by atoms with Crippen LogP contribution in [0, 0.1) is 6.92 Å². The molecule has 0 spiro atoms. The average molecular weight is 651 g/mol. The largest absolute Gasteiger partial charge is 0.573 e. The van der Waals surface area contributed by atoms with Crippen molar-refractivity contribution in [2.75, 3.05) is 17.2 Å². The summed E-state index contributed by atoms with van der Waals surface area (Å²) in [7, 11) is 0. The van der Waals surface area contributed by atoms with Crippen molar-refractivity contribution in [3.05, 3.63) is 89.7 Å². The van der Waals surface area contributed by atoms with Crippen LogP contribution in [0.5, 0.6) is 5.75 Å². The van der Waals surface area contributed by atoms with Gasteiger partial charge in [0, 0.05) is 18.0 Å². The first kappa shape index (κ1) is 32.7. The number of aryl methyl sites for hydroxylation is 2. The van der Waals surface area contributed by atoms with Gasteiger partial charge < -0.3 is 10.1 Å². The number of aliphatic imine (C=N–C) groups is 1. The molecule has 1 atom stereocenters. The van der Waals surface area contributed by atoms with E-state index in [9.17, 15) is 22.8 Å².